The van der Waals surface area contributed by atoms with Crippen LogP contribution in [0.2, 0.25) is 5.02 Å². The Balaban J connectivity index is 1.50. The van der Waals surface area contributed by atoms with Gasteiger partial charge in [-0.15, -0.1) is 0 Å². The molecule has 1 heterocycles. The molecule has 4 aromatic rings. The van der Waals surface area contributed by atoms with E-state index in [1.807, 2.05) is 55.5 Å². The first-order chi connectivity index (χ1) is 14.9. The number of hydrogen-bond donors (Lipinski definition) is 1. The second-order valence-corrected chi connectivity index (χ2v) is 8.66. The standard InChI is InChI=1S/C26H26ClN3O/c1-17(2)20-5-4-6-21(13-20)18(3)29-26(31)22-9-12-25-24(14-22)28-16-30(25)15-19-7-10-23(27)11-8-19/h4-14,16-18H,15H2,1-3H3,(H,29,31)/t18-/m1/s1. The molecule has 1 amide bonds. The fraction of sp³-hybridized carbons (Fsp3) is 0.231. The molecule has 0 unspecified atom stereocenters. The van der Waals surface area contributed by atoms with Gasteiger partial charge >= 0.3 is 0 Å². The van der Waals surface area contributed by atoms with Crippen LogP contribution >= 0.6 is 11.6 Å². The van der Waals surface area contributed by atoms with Crippen LogP contribution in [-0.2, 0) is 6.54 Å². The summed E-state index contributed by atoms with van der Waals surface area (Å²) in [4.78, 5) is 17.4. The van der Waals surface area contributed by atoms with Crippen molar-refractivity contribution in [2.24, 2.45) is 0 Å². The Kier molecular flexibility index (Phi) is 6.10. The van der Waals surface area contributed by atoms with Gasteiger partial charge in [0.2, 0.25) is 0 Å². The van der Waals surface area contributed by atoms with Crippen molar-refractivity contribution >= 4 is 28.5 Å². The zero-order chi connectivity index (χ0) is 22.0. The lowest BCUT2D eigenvalue weighted by Gasteiger charge is -2.16. The molecule has 0 aliphatic rings. The third-order valence-electron chi connectivity index (χ3n) is 5.57. The number of carbonyl (C=O) groups excluding carboxylic acids is 1. The fourth-order valence-electron chi connectivity index (χ4n) is 3.67. The number of fused-ring (bicyclic) bond motifs is 1. The maximum Gasteiger partial charge on any atom is 0.251 e. The van der Waals surface area contributed by atoms with Crippen LogP contribution in [0.3, 0.4) is 0 Å². The Morgan fingerprint density at radius 1 is 1.00 bits per heavy atom. The summed E-state index contributed by atoms with van der Waals surface area (Å²) in [7, 11) is 0. The number of imidazole rings is 1. The molecular formula is C26H26ClN3O. The normalized spacial score (nSPS) is 12.3. The minimum atomic E-state index is -0.100. The monoisotopic (exact) mass is 431 g/mol. The van der Waals surface area contributed by atoms with Crippen LogP contribution in [0.1, 0.15) is 59.8 Å². The second-order valence-electron chi connectivity index (χ2n) is 8.22. The first kappa shape index (κ1) is 21.1. The van der Waals surface area contributed by atoms with E-state index in [9.17, 15) is 4.79 Å². The molecule has 0 saturated heterocycles. The largest absolute Gasteiger partial charge is 0.346 e. The van der Waals surface area contributed by atoms with Gasteiger partial charge in [0.25, 0.3) is 5.91 Å². The summed E-state index contributed by atoms with van der Waals surface area (Å²) in [5, 5.41) is 3.83. The quantitative estimate of drug-likeness (QED) is 0.386. The third-order valence-corrected chi connectivity index (χ3v) is 5.83. The summed E-state index contributed by atoms with van der Waals surface area (Å²) < 4.78 is 2.07. The van der Waals surface area contributed by atoms with Crippen molar-refractivity contribution in [2.45, 2.75) is 39.3 Å². The Hall–Kier alpha value is -3.11. The first-order valence-electron chi connectivity index (χ1n) is 10.5. The van der Waals surface area contributed by atoms with Crippen molar-refractivity contribution < 1.29 is 4.79 Å². The second kappa shape index (κ2) is 8.94. The van der Waals surface area contributed by atoms with E-state index in [-0.39, 0.29) is 11.9 Å². The fourth-order valence-corrected chi connectivity index (χ4v) is 3.79. The van der Waals surface area contributed by atoms with Gasteiger partial charge in [-0.25, -0.2) is 4.98 Å². The molecule has 0 saturated carbocycles. The van der Waals surface area contributed by atoms with Crippen LogP contribution in [0, 0.1) is 0 Å². The van der Waals surface area contributed by atoms with Gasteiger partial charge in [-0.2, -0.15) is 0 Å². The van der Waals surface area contributed by atoms with E-state index in [1.54, 1.807) is 6.33 Å². The lowest BCUT2D eigenvalue weighted by molar-refractivity contribution is 0.0940. The Labute approximate surface area is 187 Å². The topological polar surface area (TPSA) is 46.9 Å². The van der Waals surface area contributed by atoms with Crippen LogP contribution in [-0.4, -0.2) is 15.5 Å². The minimum absolute atomic E-state index is 0.0793. The van der Waals surface area contributed by atoms with E-state index >= 15 is 0 Å². The highest BCUT2D eigenvalue weighted by atomic mass is 35.5. The molecule has 5 heteroatoms. The number of benzene rings is 3. The van der Waals surface area contributed by atoms with Crippen molar-refractivity contribution in [3.63, 3.8) is 0 Å². The number of nitrogens with one attached hydrogen (secondary N) is 1. The minimum Gasteiger partial charge on any atom is -0.346 e. The lowest BCUT2D eigenvalue weighted by Crippen LogP contribution is -2.26. The average molecular weight is 432 g/mol. The molecule has 0 aliphatic heterocycles. The SMILES string of the molecule is CC(C)c1cccc([C@@H](C)NC(=O)c2ccc3c(c2)ncn3Cc2ccc(Cl)cc2)c1. The maximum absolute atomic E-state index is 12.9. The summed E-state index contributed by atoms with van der Waals surface area (Å²) in [6, 6.07) is 21.8. The van der Waals surface area contributed by atoms with Crippen LogP contribution < -0.4 is 5.32 Å². The summed E-state index contributed by atoms with van der Waals surface area (Å²) in [5.41, 5.74) is 5.92. The van der Waals surface area contributed by atoms with Crippen molar-refractivity contribution in [3.05, 3.63) is 100 Å². The Morgan fingerprint density at radius 2 is 1.74 bits per heavy atom. The van der Waals surface area contributed by atoms with Crippen molar-refractivity contribution in [2.75, 3.05) is 0 Å². The molecule has 31 heavy (non-hydrogen) atoms. The molecule has 0 bridgehead atoms. The van der Waals surface area contributed by atoms with E-state index in [0.29, 0.717) is 18.0 Å². The number of aromatic nitrogens is 2. The molecule has 1 atom stereocenters. The average Bonchev–Trinajstić information content (AvgIpc) is 3.17. The predicted molar refractivity (Wildman–Crippen MR) is 127 cm³/mol. The van der Waals surface area contributed by atoms with Gasteiger partial charge in [0.05, 0.1) is 23.4 Å². The van der Waals surface area contributed by atoms with Gasteiger partial charge in [-0.05, 0) is 59.9 Å². The molecular weight excluding hydrogens is 406 g/mol. The van der Waals surface area contributed by atoms with Crippen molar-refractivity contribution in [3.8, 4) is 0 Å². The molecule has 1 N–H and O–H groups in total. The predicted octanol–water partition coefficient (Wildman–Crippen LogP) is 6.35. The number of nitrogens with zero attached hydrogens (tertiary/aromatic N) is 2. The lowest BCUT2D eigenvalue weighted by atomic mass is 9.98. The van der Waals surface area contributed by atoms with Gasteiger partial charge in [0.1, 0.15) is 0 Å². The molecule has 158 valence electrons. The van der Waals surface area contributed by atoms with E-state index in [1.165, 1.54) is 5.56 Å². The zero-order valence-corrected chi connectivity index (χ0v) is 18.7. The van der Waals surface area contributed by atoms with Crippen LogP contribution in [0.4, 0.5) is 0 Å². The maximum atomic E-state index is 12.9. The van der Waals surface area contributed by atoms with E-state index in [0.717, 1.165) is 27.2 Å². The van der Waals surface area contributed by atoms with E-state index in [2.05, 4.69) is 46.9 Å². The summed E-state index contributed by atoms with van der Waals surface area (Å²) >= 11 is 5.98. The molecule has 4 rings (SSSR count). The first-order valence-corrected chi connectivity index (χ1v) is 10.9. The van der Waals surface area contributed by atoms with Crippen LogP contribution in [0.15, 0.2) is 73.1 Å². The number of halogens is 1. The van der Waals surface area contributed by atoms with Gasteiger partial charge in [0, 0.05) is 17.1 Å². The third kappa shape index (κ3) is 4.80. The summed E-state index contributed by atoms with van der Waals surface area (Å²) in [6.45, 7) is 7.05. The zero-order valence-electron chi connectivity index (χ0n) is 18.0. The molecule has 0 fully saturated rings. The molecule has 0 radical (unpaired) electrons. The van der Waals surface area contributed by atoms with E-state index in [4.69, 9.17) is 11.6 Å². The summed E-state index contributed by atoms with van der Waals surface area (Å²) in [6.07, 6.45) is 1.81. The molecule has 0 spiro atoms. The van der Waals surface area contributed by atoms with Gasteiger partial charge in [0.15, 0.2) is 0 Å². The molecule has 1 aromatic heterocycles. The Bertz CT molecular complexity index is 1210. The number of hydrogen-bond acceptors (Lipinski definition) is 2. The highest BCUT2D eigenvalue weighted by molar-refractivity contribution is 6.30. The number of carbonyl (C=O) groups is 1. The summed E-state index contributed by atoms with van der Waals surface area (Å²) in [5.74, 6) is 0.352. The van der Waals surface area contributed by atoms with Crippen LogP contribution in [0.5, 0.6) is 0 Å². The van der Waals surface area contributed by atoms with Crippen molar-refractivity contribution in [1.82, 2.24) is 14.9 Å². The van der Waals surface area contributed by atoms with Gasteiger partial charge < -0.3 is 9.88 Å². The van der Waals surface area contributed by atoms with E-state index < -0.39 is 0 Å². The van der Waals surface area contributed by atoms with Crippen molar-refractivity contribution in [1.29, 1.82) is 0 Å². The molecule has 0 aliphatic carbocycles. The number of rotatable bonds is 6. The smallest absolute Gasteiger partial charge is 0.251 e. The Morgan fingerprint density at radius 3 is 2.48 bits per heavy atom. The highest BCUT2D eigenvalue weighted by Crippen LogP contribution is 2.21. The van der Waals surface area contributed by atoms with Crippen LogP contribution in [0.25, 0.3) is 11.0 Å². The highest BCUT2D eigenvalue weighted by Gasteiger charge is 2.14. The molecule has 4 nitrogen and oxygen atoms in total. The van der Waals surface area contributed by atoms with Gasteiger partial charge in [-0.3, -0.25) is 4.79 Å². The molecule has 3 aromatic carbocycles. The number of amides is 1. The van der Waals surface area contributed by atoms with Gasteiger partial charge in [-0.1, -0.05) is 61.8 Å².